The van der Waals surface area contributed by atoms with Crippen molar-refractivity contribution in [3.63, 3.8) is 0 Å². The summed E-state index contributed by atoms with van der Waals surface area (Å²) in [4.78, 5) is 26.7. The highest BCUT2D eigenvalue weighted by Crippen LogP contribution is 2.24. The maximum atomic E-state index is 12.6. The second kappa shape index (κ2) is 8.56. The quantitative estimate of drug-likeness (QED) is 0.848. The Labute approximate surface area is 154 Å². The molecule has 2 fully saturated rings. The van der Waals surface area contributed by atoms with Crippen LogP contribution < -0.4 is 10.6 Å². The maximum Gasteiger partial charge on any atom is 0.322 e. The second-order valence-corrected chi connectivity index (χ2v) is 7.48. The molecule has 1 aliphatic carbocycles. The summed E-state index contributed by atoms with van der Waals surface area (Å²) in [6.07, 6.45) is 7.80. The number of amides is 3. The lowest BCUT2D eigenvalue weighted by molar-refractivity contribution is -0.124. The van der Waals surface area contributed by atoms with Crippen molar-refractivity contribution in [2.45, 2.75) is 51.0 Å². The number of urea groups is 1. The number of carbonyl (C=O) groups excluding carboxylic acids is 2. The van der Waals surface area contributed by atoms with Crippen LogP contribution in [0.2, 0.25) is 5.02 Å². The lowest BCUT2D eigenvalue weighted by Gasteiger charge is -2.26. The number of likely N-dealkylation sites (tertiary alicyclic amines) is 1. The molecule has 0 bridgehead atoms. The zero-order chi connectivity index (χ0) is 17.6. The predicted molar refractivity (Wildman–Crippen MR) is 99.8 cm³/mol. The average Bonchev–Trinajstić information content (AvgIpc) is 3.10. The maximum absolute atomic E-state index is 12.6. The largest absolute Gasteiger partial charge is 0.354 e. The van der Waals surface area contributed by atoms with Crippen LogP contribution >= 0.6 is 11.6 Å². The van der Waals surface area contributed by atoms with Gasteiger partial charge in [-0.25, -0.2) is 4.79 Å². The van der Waals surface area contributed by atoms with Crippen molar-refractivity contribution in [1.29, 1.82) is 0 Å². The molecule has 1 heterocycles. The molecule has 1 aromatic carbocycles. The summed E-state index contributed by atoms with van der Waals surface area (Å²) < 4.78 is 0. The Balaban J connectivity index is 1.53. The van der Waals surface area contributed by atoms with Gasteiger partial charge in [-0.1, -0.05) is 36.9 Å². The number of halogens is 1. The number of benzene rings is 1. The monoisotopic (exact) mass is 363 g/mol. The first-order valence-corrected chi connectivity index (χ1v) is 9.62. The summed E-state index contributed by atoms with van der Waals surface area (Å²) >= 11 is 5.95. The molecule has 1 aromatic rings. The molecule has 0 aromatic heterocycles. The van der Waals surface area contributed by atoms with E-state index in [-0.39, 0.29) is 18.0 Å². The highest BCUT2D eigenvalue weighted by atomic mass is 35.5. The van der Waals surface area contributed by atoms with E-state index in [0.29, 0.717) is 23.2 Å². The zero-order valence-electron chi connectivity index (χ0n) is 14.5. The van der Waals surface area contributed by atoms with Gasteiger partial charge in [-0.15, -0.1) is 0 Å². The molecule has 25 heavy (non-hydrogen) atoms. The Bertz CT molecular complexity index is 616. The summed E-state index contributed by atoms with van der Waals surface area (Å²) in [5.74, 6) is 0.567. The van der Waals surface area contributed by atoms with E-state index in [0.717, 1.165) is 19.4 Å². The molecule has 1 saturated heterocycles. The Hall–Kier alpha value is -1.75. The molecule has 1 saturated carbocycles. The highest BCUT2D eigenvalue weighted by molar-refractivity contribution is 6.30. The van der Waals surface area contributed by atoms with Gasteiger partial charge in [0.2, 0.25) is 5.91 Å². The van der Waals surface area contributed by atoms with Crippen LogP contribution in [0.15, 0.2) is 24.3 Å². The Morgan fingerprint density at radius 1 is 1.12 bits per heavy atom. The van der Waals surface area contributed by atoms with Crippen molar-refractivity contribution in [3.8, 4) is 0 Å². The minimum atomic E-state index is -0.372. The van der Waals surface area contributed by atoms with Gasteiger partial charge >= 0.3 is 6.03 Å². The third kappa shape index (κ3) is 4.88. The van der Waals surface area contributed by atoms with Crippen LogP contribution in [0, 0.1) is 5.92 Å². The van der Waals surface area contributed by atoms with E-state index >= 15 is 0 Å². The lowest BCUT2D eigenvalue weighted by Crippen LogP contribution is -2.48. The van der Waals surface area contributed by atoms with Crippen molar-refractivity contribution in [3.05, 3.63) is 29.3 Å². The van der Waals surface area contributed by atoms with E-state index in [1.54, 1.807) is 29.2 Å². The summed E-state index contributed by atoms with van der Waals surface area (Å²) in [7, 11) is 0. The SMILES string of the molecule is O=C(NCC1CCCCC1)C1CCCN1C(=O)Nc1cccc(Cl)c1. The second-order valence-electron chi connectivity index (χ2n) is 7.04. The van der Waals surface area contributed by atoms with Crippen LogP contribution in [0.3, 0.4) is 0 Å². The van der Waals surface area contributed by atoms with E-state index in [4.69, 9.17) is 11.6 Å². The van der Waals surface area contributed by atoms with Gasteiger partial charge in [-0.05, 0) is 49.8 Å². The van der Waals surface area contributed by atoms with Gasteiger partial charge in [-0.2, -0.15) is 0 Å². The number of rotatable bonds is 4. The first-order chi connectivity index (χ1) is 12.1. The normalized spacial score (nSPS) is 21.2. The number of hydrogen-bond donors (Lipinski definition) is 2. The molecule has 0 radical (unpaired) electrons. The summed E-state index contributed by atoms with van der Waals surface area (Å²) in [6, 6.07) is 6.43. The fourth-order valence-electron chi connectivity index (χ4n) is 3.80. The third-order valence-electron chi connectivity index (χ3n) is 5.18. The van der Waals surface area contributed by atoms with Crippen LogP contribution in [0.5, 0.6) is 0 Å². The Kier molecular flexibility index (Phi) is 6.19. The zero-order valence-corrected chi connectivity index (χ0v) is 15.2. The number of hydrogen-bond acceptors (Lipinski definition) is 2. The molecule has 0 spiro atoms. The molecule has 2 N–H and O–H groups in total. The standard InChI is InChI=1S/C19H26ClN3O2/c20-15-8-4-9-16(12-15)22-19(25)23-11-5-10-17(23)18(24)21-13-14-6-2-1-3-7-14/h4,8-9,12,14,17H,1-3,5-7,10-11,13H2,(H,21,24)(H,22,25). The van der Waals surface area contributed by atoms with Crippen LogP contribution in [0.4, 0.5) is 10.5 Å². The molecule has 6 heteroatoms. The van der Waals surface area contributed by atoms with Crippen LogP contribution in [-0.2, 0) is 4.79 Å². The van der Waals surface area contributed by atoms with Gasteiger partial charge in [0.1, 0.15) is 6.04 Å². The number of anilines is 1. The van der Waals surface area contributed by atoms with Crippen molar-refractivity contribution in [2.24, 2.45) is 5.92 Å². The smallest absolute Gasteiger partial charge is 0.322 e. The molecule has 3 rings (SSSR count). The summed E-state index contributed by atoms with van der Waals surface area (Å²) in [5, 5.41) is 6.48. The van der Waals surface area contributed by atoms with Crippen LogP contribution in [-0.4, -0.2) is 36.0 Å². The molecule has 2 aliphatic rings. The lowest BCUT2D eigenvalue weighted by atomic mass is 9.89. The third-order valence-corrected chi connectivity index (χ3v) is 5.42. The first-order valence-electron chi connectivity index (χ1n) is 9.24. The Morgan fingerprint density at radius 2 is 1.92 bits per heavy atom. The highest BCUT2D eigenvalue weighted by Gasteiger charge is 2.34. The van der Waals surface area contributed by atoms with E-state index in [9.17, 15) is 9.59 Å². The fraction of sp³-hybridized carbons (Fsp3) is 0.579. The molecule has 1 unspecified atom stereocenters. The van der Waals surface area contributed by atoms with Crippen LogP contribution in [0.25, 0.3) is 0 Å². The summed E-state index contributed by atoms with van der Waals surface area (Å²) in [6.45, 7) is 1.34. The summed E-state index contributed by atoms with van der Waals surface area (Å²) in [5.41, 5.74) is 0.644. The Morgan fingerprint density at radius 3 is 2.68 bits per heavy atom. The van der Waals surface area contributed by atoms with Crippen molar-refractivity contribution in [1.82, 2.24) is 10.2 Å². The minimum Gasteiger partial charge on any atom is -0.354 e. The van der Waals surface area contributed by atoms with Crippen molar-refractivity contribution in [2.75, 3.05) is 18.4 Å². The molecule has 1 aliphatic heterocycles. The number of carbonyl (C=O) groups is 2. The van der Waals surface area contributed by atoms with E-state index in [1.165, 1.54) is 32.1 Å². The van der Waals surface area contributed by atoms with Gasteiger partial charge in [0.25, 0.3) is 0 Å². The topological polar surface area (TPSA) is 61.4 Å². The molecular formula is C19H26ClN3O2. The van der Waals surface area contributed by atoms with Gasteiger partial charge in [0.15, 0.2) is 0 Å². The van der Waals surface area contributed by atoms with E-state index in [2.05, 4.69) is 10.6 Å². The molecule has 5 nitrogen and oxygen atoms in total. The molecule has 1 atom stereocenters. The van der Waals surface area contributed by atoms with Crippen molar-refractivity contribution < 1.29 is 9.59 Å². The number of nitrogens with zero attached hydrogens (tertiary/aromatic N) is 1. The van der Waals surface area contributed by atoms with E-state index in [1.807, 2.05) is 0 Å². The minimum absolute atomic E-state index is 0.0238. The van der Waals surface area contributed by atoms with Gasteiger partial charge in [0.05, 0.1) is 0 Å². The average molecular weight is 364 g/mol. The number of nitrogens with one attached hydrogen (secondary N) is 2. The van der Waals surface area contributed by atoms with Gasteiger partial charge in [-0.3, -0.25) is 4.79 Å². The molecule has 3 amide bonds. The fourth-order valence-corrected chi connectivity index (χ4v) is 3.99. The molecular weight excluding hydrogens is 338 g/mol. The van der Waals surface area contributed by atoms with Crippen molar-refractivity contribution >= 4 is 29.2 Å². The molecule has 136 valence electrons. The van der Waals surface area contributed by atoms with E-state index < -0.39 is 0 Å². The first kappa shape index (κ1) is 18.1. The van der Waals surface area contributed by atoms with Gasteiger partial charge < -0.3 is 15.5 Å². The predicted octanol–water partition coefficient (Wildman–Crippen LogP) is 4.03. The van der Waals surface area contributed by atoms with Gasteiger partial charge in [0, 0.05) is 23.8 Å². The van der Waals surface area contributed by atoms with Crippen LogP contribution in [0.1, 0.15) is 44.9 Å².